The van der Waals surface area contributed by atoms with E-state index in [1.807, 2.05) is 6.07 Å². The molecule has 6 heteroatoms. The van der Waals surface area contributed by atoms with Gasteiger partial charge in [0.2, 0.25) is 10.0 Å². The molecule has 0 saturated heterocycles. The van der Waals surface area contributed by atoms with E-state index in [1.54, 1.807) is 12.1 Å². The molecule has 0 radical (unpaired) electrons. The first-order valence-corrected chi connectivity index (χ1v) is 10.4. The van der Waals surface area contributed by atoms with Crippen molar-refractivity contribution in [1.82, 2.24) is 4.57 Å². The zero-order valence-corrected chi connectivity index (χ0v) is 15.8. The van der Waals surface area contributed by atoms with Gasteiger partial charge in [-0.05, 0) is 48.9 Å². The maximum Gasteiger partial charge on any atom is 0.238 e. The van der Waals surface area contributed by atoms with Gasteiger partial charge in [-0.1, -0.05) is 30.3 Å². The minimum Gasteiger partial charge on any atom is -0.381 e. The van der Waals surface area contributed by atoms with E-state index in [0.717, 1.165) is 17.8 Å². The number of hydrogen-bond donors (Lipinski definition) is 2. The van der Waals surface area contributed by atoms with Gasteiger partial charge in [-0.3, -0.25) is 0 Å². The SMILES string of the molecule is CCn1c2ccccc2c2cc(CNc3cccc(S(N)(=O)=O)c3)ccc21. The lowest BCUT2D eigenvalue weighted by molar-refractivity contribution is 0.598. The third-order valence-corrected chi connectivity index (χ3v) is 5.72. The molecule has 3 aromatic carbocycles. The number of fused-ring (bicyclic) bond motifs is 3. The number of nitrogens with zero attached hydrogens (tertiary/aromatic N) is 1. The normalized spacial score (nSPS) is 11.9. The summed E-state index contributed by atoms with van der Waals surface area (Å²) in [6.07, 6.45) is 0. The Morgan fingerprint density at radius 3 is 2.48 bits per heavy atom. The van der Waals surface area contributed by atoms with E-state index >= 15 is 0 Å². The average Bonchev–Trinajstić information content (AvgIpc) is 2.99. The second kappa shape index (κ2) is 6.72. The summed E-state index contributed by atoms with van der Waals surface area (Å²) in [7, 11) is -3.70. The fourth-order valence-electron chi connectivity index (χ4n) is 3.54. The van der Waals surface area contributed by atoms with Crippen LogP contribution in [0.2, 0.25) is 0 Å². The molecule has 0 aliphatic rings. The Kier molecular flexibility index (Phi) is 4.37. The molecule has 0 spiro atoms. The zero-order valence-electron chi connectivity index (χ0n) is 15.0. The van der Waals surface area contributed by atoms with Gasteiger partial charge in [0.15, 0.2) is 0 Å². The van der Waals surface area contributed by atoms with E-state index in [2.05, 4.69) is 59.3 Å². The maximum atomic E-state index is 11.5. The van der Waals surface area contributed by atoms with Crippen molar-refractivity contribution in [3.8, 4) is 0 Å². The molecule has 0 amide bonds. The van der Waals surface area contributed by atoms with Crippen LogP contribution in [0.5, 0.6) is 0 Å². The number of nitrogens with one attached hydrogen (secondary N) is 1. The highest BCUT2D eigenvalue weighted by Crippen LogP contribution is 2.30. The van der Waals surface area contributed by atoms with Crippen molar-refractivity contribution < 1.29 is 8.42 Å². The summed E-state index contributed by atoms with van der Waals surface area (Å²) in [5.41, 5.74) is 4.31. The van der Waals surface area contributed by atoms with Crippen molar-refractivity contribution in [1.29, 1.82) is 0 Å². The average molecular weight is 379 g/mol. The third-order valence-electron chi connectivity index (χ3n) is 4.81. The second-order valence-electron chi connectivity index (χ2n) is 6.54. The van der Waals surface area contributed by atoms with Crippen molar-refractivity contribution in [2.75, 3.05) is 5.32 Å². The van der Waals surface area contributed by atoms with Gasteiger partial charge < -0.3 is 9.88 Å². The first kappa shape index (κ1) is 17.6. The summed E-state index contributed by atoms with van der Waals surface area (Å²) >= 11 is 0. The van der Waals surface area contributed by atoms with Gasteiger partial charge in [0.05, 0.1) is 4.90 Å². The van der Waals surface area contributed by atoms with Crippen LogP contribution in [-0.4, -0.2) is 13.0 Å². The molecule has 0 unspecified atom stereocenters. The summed E-state index contributed by atoms with van der Waals surface area (Å²) in [5, 5.41) is 11.0. The molecule has 0 fully saturated rings. The van der Waals surface area contributed by atoms with Gasteiger partial charge in [0.1, 0.15) is 0 Å². The van der Waals surface area contributed by atoms with Crippen molar-refractivity contribution in [2.24, 2.45) is 5.14 Å². The Labute approximate surface area is 158 Å². The molecule has 0 saturated carbocycles. The van der Waals surface area contributed by atoms with Crippen LogP contribution in [0.25, 0.3) is 21.8 Å². The Morgan fingerprint density at radius 1 is 0.926 bits per heavy atom. The fraction of sp³-hybridized carbons (Fsp3) is 0.143. The minimum absolute atomic E-state index is 0.106. The summed E-state index contributed by atoms with van der Waals surface area (Å²) in [6.45, 7) is 3.66. The highest BCUT2D eigenvalue weighted by Gasteiger charge is 2.10. The van der Waals surface area contributed by atoms with Crippen molar-refractivity contribution in [3.63, 3.8) is 0 Å². The van der Waals surface area contributed by atoms with E-state index in [9.17, 15) is 8.42 Å². The first-order valence-electron chi connectivity index (χ1n) is 8.84. The summed E-state index contributed by atoms with van der Waals surface area (Å²) in [6, 6.07) is 21.4. The number of hydrogen-bond acceptors (Lipinski definition) is 3. The highest BCUT2D eigenvalue weighted by atomic mass is 32.2. The number of nitrogens with two attached hydrogens (primary N) is 1. The summed E-state index contributed by atoms with van der Waals surface area (Å²) in [5.74, 6) is 0. The van der Waals surface area contributed by atoms with Crippen LogP contribution in [0.15, 0.2) is 71.6 Å². The monoisotopic (exact) mass is 379 g/mol. The topological polar surface area (TPSA) is 77.1 Å². The molecular weight excluding hydrogens is 358 g/mol. The van der Waals surface area contributed by atoms with Crippen LogP contribution in [0.1, 0.15) is 12.5 Å². The highest BCUT2D eigenvalue weighted by molar-refractivity contribution is 7.89. The number of rotatable bonds is 5. The smallest absolute Gasteiger partial charge is 0.238 e. The van der Waals surface area contributed by atoms with Crippen LogP contribution in [0.3, 0.4) is 0 Å². The Morgan fingerprint density at radius 2 is 1.70 bits per heavy atom. The molecule has 0 aliphatic heterocycles. The number of benzene rings is 3. The quantitative estimate of drug-likeness (QED) is 0.549. The van der Waals surface area contributed by atoms with E-state index in [-0.39, 0.29) is 4.90 Å². The molecule has 1 aromatic heterocycles. The molecule has 0 atom stereocenters. The van der Waals surface area contributed by atoms with Gasteiger partial charge in [0, 0.05) is 40.6 Å². The first-order chi connectivity index (χ1) is 13.0. The molecule has 138 valence electrons. The summed E-state index contributed by atoms with van der Waals surface area (Å²) < 4.78 is 25.3. The van der Waals surface area contributed by atoms with Crippen molar-refractivity contribution >= 4 is 37.5 Å². The van der Waals surface area contributed by atoms with Crippen LogP contribution >= 0.6 is 0 Å². The number of aryl methyl sites for hydroxylation is 1. The van der Waals surface area contributed by atoms with Crippen molar-refractivity contribution in [3.05, 3.63) is 72.3 Å². The molecular formula is C21H21N3O2S. The number of anilines is 1. The van der Waals surface area contributed by atoms with Gasteiger partial charge in [-0.25, -0.2) is 13.6 Å². The molecule has 3 N–H and O–H groups in total. The Balaban J connectivity index is 1.67. The van der Waals surface area contributed by atoms with E-state index in [1.165, 1.54) is 27.9 Å². The molecule has 5 nitrogen and oxygen atoms in total. The van der Waals surface area contributed by atoms with Crippen LogP contribution < -0.4 is 10.5 Å². The molecule has 4 aromatic rings. The lowest BCUT2D eigenvalue weighted by Crippen LogP contribution is -2.12. The summed E-state index contributed by atoms with van der Waals surface area (Å²) in [4.78, 5) is 0.106. The Hall–Kier alpha value is -2.83. The molecule has 0 aliphatic carbocycles. The lowest BCUT2D eigenvalue weighted by atomic mass is 10.1. The van der Waals surface area contributed by atoms with Gasteiger partial charge in [0.25, 0.3) is 0 Å². The Bertz CT molecular complexity index is 1240. The fourth-order valence-corrected chi connectivity index (χ4v) is 4.10. The van der Waals surface area contributed by atoms with Gasteiger partial charge >= 0.3 is 0 Å². The zero-order chi connectivity index (χ0) is 19.0. The number of aromatic nitrogens is 1. The molecule has 27 heavy (non-hydrogen) atoms. The molecule has 4 rings (SSSR count). The minimum atomic E-state index is -3.70. The predicted octanol–water partition coefficient (Wildman–Crippen LogP) is 4.07. The van der Waals surface area contributed by atoms with Crippen LogP contribution in [-0.2, 0) is 23.1 Å². The van der Waals surface area contributed by atoms with Crippen LogP contribution in [0.4, 0.5) is 5.69 Å². The van der Waals surface area contributed by atoms with Crippen molar-refractivity contribution in [2.45, 2.75) is 24.9 Å². The van der Waals surface area contributed by atoms with E-state index in [4.69, 9.17) is 5.14 Å². The number of primary sulfonamides is 1. The maximum absolute atomic E-state index is 11.5. The lowest BCUT2D eigenvalue weighted by Gasteiger charge is -2.09. The van der Waals surface area contributed by atoms with Gasteiger partial charge in [-0.15, -0.1) is 0 Å². The predicted molar refractivity (Wildman–Crippen MR) is 110 cm³/mol. The standard InChI is InChI=1S/C21H21N3O2S/c1-2-24-20-9-4-3-8-18(20)19-12-15(10-11-21(19)24)14-23-16-6-5-7-17(13-16)27(22,25)26/h3-13,23H,2,14H2,1H3,(H2,22,25,26). The second-order valence-corrected chi connectivity index (χ2v) is 8.10. The van der Waals surface area contributed by atoms with E-state index in [0.29, 0.717) is 6.54 Å². The molecule has 1 heterocycles. The van der Waals surface area contributed by atoms with Crippen LogP contribution in [0, 0.1) is 0 Å². The molecule has 0 bridgehead atoms. The largest absolute Gasteiger partial charge is 0.381 e. The third kappa shape index (κ3) is 3.29. The van der Waals surface area contributed by atoms with E-state index < -0.39 is 10.0 Å². The number of sulfonamides is 1. The van der Waals surface area contributed by atoms with Gasteiger partial charge in [-0.2, -0.15) is 0 Å². The number of para-hydroxylation sites is 1.